The van der Waals surface area contributed by atoms with E-state index in [9.17, 15) is 4.79 Å². The molecule has 1 amide bonds. The Hall–Kier alpha value is -2.28. The first-order valence-corrected chi connectivity index (χ1v) is 10.6. The summed E-state index contributed by atoms with van der Waals surface area (Å²) in [6.45, 7) is 3.46. The first kappa shape index (κ1) is 19.1. The summed E-state index contributed by atoms with van der Waals surface area (Å²) in [6.07, 6.45) is 11.7. The summed E-state index contributed by atoms with van der Waals surface area (Å²) < 4.78 is 1.84. The lowest BCUT2D eigenvalue weighted by Gasteiger charge is -2.33. The van der Waals surface area contributed by atoms with Crippen molar-refractivity contribution in [3.05, 3.63) is 42.0 Å². The number of nitrogens with zero attached hydrogens (tertiary/aromatic N) is 5. The maximum Gasteiger partial charge on any atom is 0.276 e. The number of pyridine rings is 1. The van der Waals surface area contributed by atoms with Gasteiger partial charge in [0.1, 0.15) is 0 Å². The van der Waals surface area contributed by atoms with E-state index in [1.807, 2.05) is 34.0 Å². The SMILES string of the molecule is O=C(c1cn(C[C@H]2CCCNC2)nn1)N(Cc1ccccn1)C1CCCCC1. The van der Waals surface area contributed by atoms with Crippen LogP contribution in [-0.2, 0) is 13.1 Å². The fourth-order valence-corrected chi connectivity index (χ4v) is 4.40. The van der Waals surface area contributed by atoms with E-state index in [2.05, 4.69) is 20.6 Å². The van der Waals surface area contributed by atoms with Crippen molar-refractivity contribution in [3.63, 3.8) is 0 Å². The molecule has 3 heterocycles. The van der Waals surface area contributed by atoms with Crippen LogP contribution >= 0.6 is 0 Å². The molecular formula is C21H30N6O. The summed E-state index contributed by atoms with van der Waals surface area (Å²) in [7, 11) is 0. The first-order valence-electron chi connectivity index (χ1n) is 10.6. The van der Waals surface area contributed by atoms with Crippen LogP contribution in [-0.4, -0.2) is 49.9 Å². The second kappa shape index (κ2) is 9.28. The Morgan fingerprint density at radius 2 is 2.07 bits per heavy atom. The number of hydrogen-bond donors (Lipinski definition) is 1. The van der Waals surface area contributed by atoms with Crippen molar-refractivity contribution >= 4 is 5.91 Å². The molecule has 1 saturated heterocycles. The zero-order valence-electron chi connectivity index (χ0n) is 16.5. The molecule has 1 aliphatic heterocycles. The van der Waals surface area contributed by atoms with Crippen LogP contribution in [0.4, 0.5) is 0 Å². The van der Waals surface area contributed by atoms with Crippen LogP contribution in [0.1, 0.15) is 61.1 Å². The topological polar surface area (TPSA) is 75.9 Å². The lowest BCUT2D eigenvalue weighted by atomic mass is 9.94. The van der Waals surface area contributed by atoms with Crippen LogP contribution < -0.4 is 5.32 Å². The lowest BCUT2D eigenvalue weighted by Crippen LogP contribution is -2.41. The van der Waals surface area contributed by atoms with E-state index >= 15 is 0 Å². The number of carbonyl (C=O) groups is 1. The van der Waals surface area contributed by atoms with Gasteiger partial charge in [0.25, 0.3) is 5.91 Å². The molecule has 0 aromatic carbocycles. The van der Waals surface area contributed by atoms with Gasteiger partial charge in [0, 0.05) is 18.8 Å². The quantitative estimate of drug-likeness (QED) is 0.831. The number of aromatic nitrogens is 4. The second-order valence-electron chi connectivity index (χ2n) is 8.08. The van der Waals surface area contributed by atoms with Crippen molar-refractivity contribution in [3.8, 4) is 0 Å². The van der Waals surface area contributed by atoms with Gasteiger partial charge in [-0.2, -0.15) is 0 Å². The Morgan fingerprint density at radius 1 is 1.18 bits per heavy atom. The lowest BCUT2D eigenvalue weighted by molar-refractivity contribution is 0.0605. The molecule has 0 spiro atoms. The van der Waals surface area contributed by atoms with Gasteiger partial charge in [-0.05, 0) is 56.8 Å². The van der Waals surface area contributed by atoms with Crippen LogP contribution in [0.5, 0.6) is 0 Å². The van der Waals surface area contributed by atoms with Crippen molar-refractivity contribution in [2.75, 3.05) is 13.1 Å². The third-order valence-corrected chi connectivity index (χ3v) is 5.94. The van der Waals surface area contributed by atoms with Gasteiger partial charge < -0.3 is 10.2 Å². The fraction of sp³-hybridized carbons (Fsp3) is 0.619. The molecular weight excluding hydrogens is 352 g/mol. The van der Waals surface area contributed by atoms with Gasteiger partial charge in [-0.1, -0.05) is 30.5 Å². The second-order valence-corrected chi connectivity index (χ2v) is 8.08. The van der Waals surface area contributed by atoms with Gasteiger partial charge in [0.05, 0.1) is 18.4 Å². The minimum absolute atomic E-state index is 0.0226. The average molecular weight is 383 g/mol. The number of rotatable bonds is 6. The molecule has 2 aromatic rings. The first-order chi connectivity index (χ1) is 13.8. The Morgan fingerprint density at radius 3 is 2.82 bits per heavy atom. The predicted molar refractivity (Wildman–Crippen MR) is 107 cm³/mol. The molecule has 28 heavy (non-hydrogen) atoms. The Labute approximate surface area is 166 Å². The van der Waals surface area contributed by atoms with Gasteiger partial charge in [0.15, 0.2) is 5.69 Å². The molecule has 1 atom stereocenters. The van der Waals surface area contributed by atoms with Gasteiger partial charge in [-0.25, -0.2) is 0 Å². The summed E-state index contributed by atoms with van der Waals surface area (Å²) in [5.41, 5.74) is 1.37. The maximum atomic E-state index is 13.3. The summed E-state index contributed by atoms with van der Waals surface area (Å²) >= 11 is 0. The van der Waals surface area contributed by atoms with Crippen LogP contribution in [0.3, 0.4) is 0 Å². The number of carbonyl (C=O) groups excluding carboxylic acids is 1. The van der Waals surface area contributed by atoms with E-state index < -0.39 is 0 Å². The van der Waals surface area contributed by atoms with E-state index in [1.54, 1.807) is 6.20 Å². The van der Waals surface area contributed by atoms with Crippen molar-refractivity contribution in [1.82, 2.24) is 30.2 Å². The highest BCUT2D eigenvalue weighted by atomic mass is 16.2. The minimum atomic E-state index is -0.0226. The summed E-state index contributed by atoms with van der Waals surface area (Å²) in [4.78, 5) is 19.7. The normalized spacial score (nSPS) is 20.8. The zero-order valence-corrected chi connectivity index (χ0v) is 16.5. The molecule has 2 aromatic heterocycles. The summed E-state index contributed by atoms with van der Waals surface area (Å²) in [6, 6.07) is 6.12. The van der Waals surface area contributed by atoms with Crippen molar-refractivity contribution < 1.29 is 4.79 Å². The molecule has 4 rings (SSSR count). The Balaban J connectivity index is 1.48. The van der Waals surface area contributed by atoms with Crippen LogP contribution in [0, 0.1) is 5.92 Å². The van der Waals surface area contributed by atoms with Crippen molar-refractivity contribution in [2.24, 2.45) is 5.92 Å². The zero-order chi connectivity index (χ0) is 19.2. The largest absolute Gasteiger partial charge is 0.328 e. The van der Waals surface area contributed by atoms with Crippen molar-refractivity contribution in [2.45, 2.75) is 64.1 Å². The van der Waals surface area contributed by atoms with Gasteiger partial charge >= 0.3 is 0 Å². The molecule has 1 saturated carbocycles. The van der Waals surface area contributed by atoms with E-state index in [4.69, 9.17) is 0 Å². The molecule has 1 aliphatic carbocycles. The summed E-state index contributed by atoms with van der Waals surface area (Å²) in [5, 5.41) is 11.9. The van der Waals surface area contributed by atoms with Gasteiger partial charge in [-0.3, -0.25) is 14.5 Å². The average Bonchev–Trinajstić information content (AvgIpc) is 3.22. The van der Waals surface area contributed by atoms with Gasteiger partial charge in [-0.15, -0.1) is 5.10 Å². The monoisotopic (exact) mass is 382 g/mol. The van der Waals surface area contributed by atoms with Crippen LogP contribution in [0.25, 0.3) is 0 Å². The molecule has 2 aliphatic rings. The van der Waals surface area contributed by atoms with E-state index in [0.29, 0.717) is 18.2 Å². The Kier molecular flexibility index (Phi) is 6.31. The molecule has 2 fully saturated rings. The third kappa shape index (κ3) is 4.76. The number of amides is 1. The van der Waals surface area contributed by atoms with Gasteiger partial charge in [0.2, 0.25) is 0 Å². The maximum absolute atomic E-state index is 13.3. The predicted octanol–water partition coefficient (Wildman–Crippen LogP) is 2.65. The minimum Gasteiger partial charge on any atom is -0.328 e. The molecule has 0 bridgehead atoms. The highest BCUT2D eigenvalue weighted by Gasteiger charge is 2.28. The highest BCUT2D eigenvalue weighted by Crippen LogP contribution is 2.25. The summed E-state index contributed by atoms with van der Waals surface area (Å²) in [5.74, 6) is 0.534. The third-order valence-electron chi connectivity index (χ3n) is 5.94. The highest BCUT2D eigenvalue weighted by molar-refractivity contribution is 5.92. The van der Waals surface area contributed by atoms with Crippen LogP contribution in [0.2, 0.25) is 0 Å². The number of nitrogens with one attached hydrogen (secondary N) is 1. The molecule has 0 radical (unpaired) electrons. The van der Waals surface area contributed by atoms with E-state index in [0.717, 1.165) is 38.2 Å². The smallest absolute Gasteiger partial charge is 0.276 e. The number of hydrogen-bond acceptors (Lipinski definition) is 5. The molecule has 0 unspecified atom stereocenters. The fourth-order valence-electron chi connectivity index (χ4n) is 4.40. The standard InChI is InChI=1S/C21H30N6O/c28-21(20-16-26(25-24-20)14-17-7-6-11-22-13-17)27(19-9-2-1-3-10-19)15-18-8-4-5-12-23-18/h4-5,8,12,16-17,19,22H,1-3,6-7,9-11,13-15H2/t17-/m0/s1. The van der Waals surface area contributed by atoms with Crippen molar-refractivity contribution in [1.29, 1.82) is 0 Å². The molecule has 150 valence electrons. The van der Waals surface area contributed by atoms with E-state index in [-0.39, 0.29) is 11.9 Å². The molecule has 7 heteroatoms. The van der Waals surface area contributed by atoms with Crippen LogP contribution in [0.15, 0.2) is 30.6 Å². The number of piperidine rings is 1. The molecule has 7 nitrogen and oxygen atoms in total. The Bertz CT molecular complexity index is 749. The molecule has 1 N–H and O–H groups in total. The van der Waals surface area contributed by atoms with E-state index in [1.165, 1.54) is 32.1 Å².